The van der Waals surface area contributed by atoms with E-state index in [1.807, 2.05) is 30.4 Å². The Kier molecular flexibility index (Phi) is 5.96. The third-order valence-electron chi connectivity index (χ3n) is 5.96. The lowest BCUT2D eigenvalue weighted by Crippen LogP contribution is -2.28. The number of amides is 1. The van der Waals surface area contributed by atoms with E-state index in [0.29, 0.717) is 0 Å². The van der Waals surface area contributed by atoms with Crippen molar-refractivity contribution in [2.45, 2.75) is 38.6 Å². The van der Waals surface area contributed by atoms with Crippen LogP contribution in [0.15, 0.2) is 60.8 Å². The van der Waals surface area contributed by atoms with Gasteiger partial charge in [0.15, 0.2) is 0 Å². The molecule has 30 heavy (non-hydrogen) atoms. The fraction of sp³-hybridized carbons (Fsp3) is 0.308. The molecule has 4 heteroatoms. The van der Waals surface area contributed by atoms with Gasteiger partial charge in [0.2, 0.25) is 5.91 Å². The Morgan fingerprint density at radius 3 is 2.70 bits per heavy atom. The molecular formula is C26H29N3O. The topological polar surface area (TPSA) is 45.2 Å². The molecule has 154 valence electrons. The summed E-state index contributed by atoms with van der Waals surface area (Å²) in [5.41, 5.74) is 6.94. The Balaban J connectivity index is 1.83. The summed E-state index contributed by atoms with van der Waals surface area (Å²) in [6, 6.07) is 8.06. The third-order valence-corrected chi connectivity index (χ3v) is 5.96. The van der Waals surface area contributed by atoms with Crippen molar-refractivity contribution in [2.24, 2.45) is 0 Å². The van der Waals surface area contributed by atoms with Gasteiger partial charge < -0.3 is 10.2 Å². The first-order valence-corrected chi connectivity index (χ1v) is 10.6. The first-order chi connectivity index (χ1) is 14.6. The Bertz CT molecular complexity index is 1010. The van der Waals surface area contributed by atoms with E-state index >= 15 is 0 Å². The van der Waals surface area contributed by atoms with Crippen molar-refractivity contribution in [1.82, 2.24) is 9.88 Å². The first-order valence-electron chi connectivity index (χ1n) is 10.6. The number of aromatic nitrogens is 1. The second kappa shape index (κ2) is 8.80. The quantitative estimate of drug-likeness (QED) is 0.715. The average molecular weight is 400 g/mol. The van der Waals surface area contributed by atoms with Gasteiger partial charge in [-0.2, -0.15) is 0 Å². The average Bonchev–Trinajstić information content (AvgIpc) is 3.07. The lowest BCUT2D eigenvalue weighted by atomic mass is 9.82. The maximum absolute atomic E-state index is 12.9. The molecule has 1 N–H and O–H groups in total. The number of hydrogen-bond acceptors (Lipinski definition) is 3. The van der Waals surface area contributed by atoms with Crippen LogP contribution in [-0.2, 0) is 17.8 Å². The van der Waals surface area contributed by atoms with E-state index in [1.54, 1.807) is 6.20 Å². The summed E-state index contributed by atoms with van der Waals surface area (Å²) in [6.07, 6.45) is 15.4. The van der Waals surface area contributed by atoms with Gasteiger partial charge in [0.05, 0.1) is 11.6 Å². The highest BCUT2D eigenvalue weighted by Crippen LogP contribution is 2.43. The normalized spacial score (nSPS) is 20.1. The molecule has 2 unspecified atom stereocenters. The number of nitrogens with zero attached hydrogens (tertiary/aromatic N) is 2. The number of benzene rings is 1. The molecule has 0 aliphatic carbocycles. The predicted molar refractivity (Wildman–Crippen MR) is 123 cm³/mol. The van der Waals surface area contributed by atoms with E-state index in [4.69, 9.17) is 0 Å². The summed E-state index contributed by atoms with van der Waals surface area (Å²) in [7, 11) is 2.15. The molecule has 0 bridgehead atoms. The van der Waals surface area contributed by atoms with Gasteiger partial charge in [0, 0.05) is 30.9 Å². The van der Waals surface area contributed by atoms with Crippen LogP contribution in [0.4, 0.5) is 5.69 Å². The predicted octanol–water partition coefficient (Wildman–Crippen LogP) is 5.05. The summed E-state index contributed by atoms with van der Waals surface area (Å²) in [6.45, 7) is 6.02. The number of allylic oxidation sites excluding steroid dienone is 4. The number of fused-ring (bicyclic) bond motifs is 3. The summed E-state index contributed by atoms with van der Waals surface area (Å²) in [5, 5.41) is 3.19. The van der Waals surface area contributed by atoms with Gasteiger partial charge in [-0.25, -0.2) is 0 Å². The number of carbonyl (C=O) groups excluding carboxylic acids is 1. The van der Waals surface area contributed by atoms with E-state index < -0.39 is 0 Å². The van der Waals surface area contributed by atoms with Crippen LogP contribution in [-0.4, -0.2) is 29.4 Å². The van der Waals surface area contributed by atoms with Crippen LogP contribution < -0.4 is 5.32 Å². The van der Waals surface area contributed by atoms with Crippen molar-refractivity contribution >= 4 is 17.7 Å². The summed E-state index contributed by atoms with van der Waals surface area (Å²) >= 11 is 0. The molecule has 2 aromatic rings. The van der Waals surface area contributed by atoms with Crippen LogP contribution in [0, 0.1) is 0 Å². The van der Waals surface area contributed by atoms with Gasteiger partial charge in [-0.1, -0.05) is 42.5 Å². The molecule has 4 nitrogen and oxygen atoms in total. The van der Waals surface area contributed by atoms with Gasteiger partial charge in [0.1, 0.15) is 0 Å². The summed E-state index contributed by atoms with van der Waals surface area (Å²) in [4.78, 5) is 19.6. The van der Waals surface area contributed by atoms with E-state index in [2.05, 4.69) is 66.5 Å². The standard InChI is InChI=1S/C26H29N3O/c1-4-8-18(9-5-2)22-16-23-21(12-11-19-10-6-7-14-27-19)26(30)28-25(23)24-17-29(3)15-13-20(22)24/h4-12,14,16,18,21H,13,15,17H2,1-3H3,(H,28,30)/b8-4-,9-5?,12-11?. The number of pyridine rings is 1. The zero-order valence-electron chi connectivity index (χ0n) is 17.9. The Morgan fingerprint density at radius 2 is 2.00 bits per heavy atom. The van der Waals surface area contributed by atoms with Crippen molar-refractivity contribution < 1.29 is 4.79 Å². The number of anilines is 1. The zero-order valence-corrected chi connectivity index (χ0v) is 17.9. The number of carbonyl (C=O) groups is 1. The molecule has 0 saturated heterocycles. The second-order valence-electron chi connectivity index (χ2n) is 8.03. The van der Waals surface area contributed by atoms with E-state index in [1.165, 1.54) is 16.7 Å². The van der Waals surface area contributed by atoms with Crippen molar-refractivity contribution in [1.29, 1.82) is 0 Å². The molecule has 1 amide bonds. The second-order valence-corrected chi connectivity index (χ2v) is 8.03. The molecule has 2 aliphatic heterocycles. The minimum atomic E-state index is -0.296. The molecule has 3 heterocycles. The van der Waals surface area contributed by atoms with Gasteiger partial charge in [-0.3, -0.25) is 9.78 Å². The maximum atomic E-state index is 12.9. The van der Waals surface area contributed by atoms with Crippen molar-refractivity contribution in [3.8, 4) is 0 Å². The lowest BCUT2D eigenvalue weighted by molar-refractivity contribution is -0.116. The molecule has 4 rings (SSSR count). The van der Waals surface area contributed by atoms with Crippen LogP contribution in [0.25, 0.3) is 6.08 Å². The Morgan fingerprint density at radius 1 is 1.20 bits per heavy atom. The molecule has 2 aliphatic rings. The number of nitrogens with one attached hydrogen (secondary N) is 1. The molecule has 0 saturated carbocycles. The molecular weight excluding hydrogens is 370 g/mol. The Hall–Kier alpha value is -2.98. The fourth-order valence-corrected chi connectivity index (χ4v) is 4.53. The maximum Gasteiger partial charge on any atom is 0.235 e. The van der Waals surface area contributed by atoms with Gasteiger partial charge in [-0.05, 0) is 67.8 Å². The number of likely N-dealkylation sites (N-methyl/N-ethyl adjacent to an activating group) is 1. The highest BCUT2D eigenvalue weighted by Gasteiger charge is 2.34. The minimum absolute atomic E-state index is 0.0402. The van der Waals surface area contributed by atoms with Crippen LogP contribution in [0.2, 0.25) is 0 Å². The fourth-order valence-electron chi connectivity index (χ4n) is 4.53. The SMILES string of the molecule is CC=CC(/C=C\C)c1cc2c(c3c1CCN(C)C3)NC(=O)C2C=Cc1ccccn1. The Labute approximate surface area is 179 Å². The summed E-state index contributed by atoms with van der Waals surface area (Å²) < 4.78 is 0. The molecule has 2 atom stereocenters. The lowest BCUT2D eigenvalue weighted by Gasteiger charge is -2.30. The molecule has 0 radical (unpaired) electrons. The molecule has 1 aromatic carbocycles. The highest BCUT2D eigenvalue weighted by molar-refractivity contribution is 6.05. The smallest absolute Gasteiger partial charge is 0.235 e. The van der Waals surface area contributed by atoms with Gasteiger partial charge in [0.25, 0.3) is 0 Å². The molecule has 0 spiro atoms. The van der Waals surface area contributed by atoms with E-state index in [-0.39, 0.29) is 17.7 Å². The van der Waals surface area contributed by atoms with Gasteiger partial charge >= 0.3 is 0 Å². The third kappa shape index (κ3) is 3.88. The van der Waals surface area contributed by atoms with E-state index in [9.17, 15) is 4.79 Å². The van der Waals surface area contributed by atoms with Crippen LogP contribution in [0.1, 0.15) is 53.6 Å². The minimum Gasteiger partial charge on any atom is -0.325 e. The van der Waals surface area contributed by atoms with E-state index in [0.717, 1.165) is 36.5 Å². The number of hydrogen-bond donors (Lipinski definition) is 1. The van der Waals surface area contributed by atoms with Crippen LogP contribution in [0.5, 0.6) is 0 Å². The van der Waals surface area contributed by atoms with Crippen molar-refractivity contribution in [2.75, 3.05) is 18.9 Å². The van der Waals surface area contributed by atoms with Crippen molar-refractivity contribution in [3.05, 3.63) is 88.8 Å². The number of rotatable bonds is 5. The molecule has 1 aromatic heterocycles. The summed E-state index contributed by atoms with van der Waals surface area (Å²) in [5.74, 6) is -0.0351. The van der Waals surface area contributed by atoms with Crippen LogP contribution in [0.3, 0.4) is 0 Å². The highest BCUT2D eigenvalue weighted by atomic mass is 16.2. The van der Waals surface area contributed by atoms with Crippen molar-refractivity contribution in [3.63, 3.8) is 0 Å². The van der Waals surface area contributed by atoms with Crippen LogP contribution >= 0.6 is 0 Å². The zero-order chi connectivity index (χ0) is 21.1. The van der Waals surface area contributed by atoms with Gasteiger partial charge in [-0.15, -0.1) is 0 Å². The molecule has 0 fully saturated rings. The largest absolute Gasteiger partial charge is 0.325 e. The first kappa shape index (κ1) is 20.3. The monoisotopic (exact) mass is 399 g/mol.